The van der Waals surface area contributed by atoms with E-state index in [1.54, 1.807) is 30.3 Å². The molecular weight excluding hydrogens is 564 g/mol. The highest BCUT2D eigenvalue weighted by Crippen LogP contribution is 2.75. The maximum absolute atomic E-state index is 13.0. The summed E-state index contributed by atoms with van der Waals surface area (Å²) in [5, 5.41) is 31.4. The molecule has 11 unspecified atom stereocenters. The minimum atomic E-state index is -0.767. The van der Waals surface area contributed by atoms with Crippen molar-refractivity contribution in [2.75, 3.05) is 0 Å². The molecule has 0 radical (unpaired) electrons. The van der Waals surface area contributed by atoms with Crippen LogP contribution in [0, 0.1) is 56.7 Å². The molecule has 6 heteroatoms. The quantitative estimate of drug-likeness (QED) is 0.179. The van der Waals surface area contributed by atoms with Crippen LogP contribution in [0.15, 0.2) is 42.0 Å². The number of rotatable bonds is 4. The first-order chi connectivity index (χ1) is 21.0. The van der Waals surface area contributed by atoms with Crippen LogP contribution in [0.1, 0.15) is 105 Å². The van der Waals surface area contributed by atoms with Crippen molar-refractivity contribution in [1.82, 2.24) is 0 Å². The first-order valence-electron chi connectivity index (χ1n) is 17.3. The van der Waals surface area contributed by atoms with E-state index in [1.807, 2.05) is 0 Å². The number of esters is 1. The van der Waals surface area contributed by atoms with E-state index in [0.717, 1.165) is 50.5 Å². The van der Waals surface area contributed by atoms with Crippen molar-refractivity contribution in [3.05, 3.63) is 47.6 Å². The average molecular weight is 619 g/mol. The van der Waals surface area contributed by atoms with Crippen LogP contribution in [0.3, 0.4) is 0 Å². The van der Waals surface area contributed by atoms with Gasteiger partial charge in [-0.1, -0.05) is 72.2 Å². The Hall–Kier alpha value is -2.60. The predicted molar refractivity (Wildman–Crippen MR) is 175 cm³/mol. The van der Waals surface area contributed by atoms with Gasteiger partial charge in [0, 0.05) is 11.5 Å². The molecule has 6 rings (SSSR count). The number of carboxylic acids is 1. The Bertz CT molecular complexity index is 1410. The van der Waals surface area contributed by atoms with Gasteiger partial charge in [0.2, 0.25) is 0 Å². The second kappa shape index (κ2) is 10.7. The zero-order valence-corrected chi connectivity index (χ0v) is 28.3. The first-order valence-corrected chi connectivity index (χ1v) is 17.3. The second-order valence-corrected chi connectivity index (χ2v) is 17.1. The molecule has 4 saturated carbocycles. The number of aliphatic carboxylic acids is 1. The van der Waals surface area contributed by atoms with Crippen LogP contribution in [0.5, 0.6) is 5.75 Å². The van der Waals surface area contributed by atoms with Crippen molar-refractivity contribution < 1.29 is 29.6 Å². The lowest BCUT2D eigenvalue weighted by Gasteiger charge is -2.71. The van der Waals surface area contributed by atoms with Gasteiger partial charge in [-0.05, 0) is 120 Å². The Kier molecular flexibility index (Phi) is 7.70. The number of aliphatic hydroxyl groups excluding tert-OH is 1. The predicted octanol–water partition coefficient (Wildman–Crippen LogP) is 8.03. The molecule has 45 heavy (non-hydrogen) atoms. The van der Waals surface area contributed by atoms with Gasteiger partial charge in [0.1, 0.15) is 11.9 Å². The van der Waals surface area contributed by atoms with Crippen molar-refractivity contribution in [3.63, 3.8) is 0 Å². The fourth-order valence-electron chi connectivity index (χ4n) is 12.3. The summed E-state index contributed by atoms with van der Waals surface area (Å²) in [5.74, 6) is -0.156. The maximum atomic E-state index is 13.0. The maximum Gasteiger partial charge on any atom is 0.331 e. The molecule has 1 aromatic rings. The number of benzene rings is 1. The largest absolute Gasteiger partial charge is 0.508 e. The van der Waals surface area contributed by atoms with Crippen molar-refractivity contribution in [3.8, 4) is 5.75 Å². The molecule has 3 N–H and O–H groups in total. The lowest BCUT2D eigenvalue weighted by molar-refractivity contribution is -0.238. The zero-order chi connectivity index (χ0) is 32.7. The van der Waals surface area contributed by atoms with Crippen molar-refractivity contribution in [1.29, 1.82) is 0 Å². The molecule has 0 saturated heterocycles. The Morgan fingerprint density at radius 2 is 1.62 bits per heavy atom. The molecule has 246 valence electrons. The van der Waals surface area contributed by atoms with Crippen LogP contribution < -0.4 is 0 Å². The van der Waals surface area contributed by atoms with E-state index in [2.05, 4.69) is 54.5 Å². The van der Waals surface area contributed by atoms with E-state index in [0.29, 0.717) is 18.3 Å². The third-order valence-corrected chi connectivity index (χ3v) is 14.7. The third kappa shape index (κ3) is 4.74. The molecule has 0 spiro atoms. The van der Waals surface area contributed by atoms with Gasteiger partial charge in [-0.2, -0.15) is 0 Å². The summed E-state index contributed by atoms with van der Waals surface area (Å²) >= 11 is 0. The number of carboxylic acid groups (broad SMARTS) is 1. The Morgan fingerprint density at radius 3 is 2.29 bits per heavy atom. The minimum Gasteiger partial charge on any atom is -0.508 e. The highest BCUT2D eigenvalue weighted by atomic mass is 16.6. The Balaban J connectivity index is 1.28. The molecule has 0 aliphatic heterocycles. The topological polar surface area (TPSA) is 104 Å². The monoisotopic (exact) mass is 618 g/mol. The van der Waals surface area contributed by atoms with E-state index < -0.39 is 29.6 Å². The molecule has 0 bridgehead atoms. The molecule has 11 atom stereocenters. The number of allylic oxidation sites excluding steroid dienone is 2. The number of fused-ring (bicyclic) bond motifs is 7. The van der Waals surface area contributed by atoms with Crippen LogP contribution >= 0.6 is 0 Å². The molecular formula is C39H54O6. The molecule has 0 heterocycles. The van der Waals surface area contributed by atoms with Crippen molar-refractivity contribution >= 4 is 18.0 Å². The molecule has 4 fully saturated rings. The summed E-state index contributed by atoms with van der Waals surface area (Å²) < 4.78 is 6.05. The SMILES string of the molecule is CC1C(C(=O)O)CCC2(C)CCC3(C)C(=CCC4C5(C)CC(O)C(OC(=O)C=Cc6ccc(O)cc6)C(C)(C)C5CCC43C)C12. The van der Waals surface area contributed by atoms with Gasteiger partial charge < -0.3 is 20.1 Å². The fourth-order valence-corrected chi connectivity index (χ4v) is 12.3. The number of ether oxygens (including phenoxy) is 1. The number of carbonyl (C=O) groups excluding carboxylic acids is 1. The number of aromatic hydroxyl groups is 1. The number of carbonyl (C=O) groups is 2. The second-order valence-electron chi connectivity index (χ2n) is 17.1. The smallest absolute Gasteiger partial charge is 0.331 e. The number of hydrogen-bond acceptors (Lipinski definition) is 5. The van der Waals surface area contributed by atoms with Crippen molar-refractivity contribution in [2.24, 2.45) is 56.7 Å². The van der Waals surface area contributed by atoms with E-state index in [1.165, 1.54) is 11.6 Å². The van der Waals surface area contributed by atoms with Gasteiger partial charge in [0.25, 0.3) is 0 Å². The van der Waals surface area contributed by atoms with Crippen LogP contribution in [0.25, 0.3) is 6.08 Å². The summed E-state index contributed by atoms with van der Waals surface area (Å²) in [4.78, 5) is 25.3. The molecule has 0 aromatic heterocycles. The molecule has 1 aromatic carbocycles. The molecule has 5 aliphatic rings. The lowest BCUT2D eigenvalue weighted by atomic mass is 9.33. The summed E-state index contributed by atoms with van der Waals surface area (Å²) in [6.45, 7) is 16.4. The van der Waals surface area contributed by atoms with Gasteiger partial charge in [-0.25, -0.2) is 4.79 Å². The van der Waals surface area contributed by atoms with Crippen LogP contribution in [0.2, 0.25) is 0 Å². The van der Waals surface area contributed by atoms with Crippen LogP contribution in [-0.4, -0.2) is 39.5 Å². The van der Waals surface area contributed by atoms with Gasteiger partial charge in [0.05, 0.1) is 12.0 Å². The van der Waals surface area contributed by atoms with E-state index in [-0.39, 0.29) is 45.2 Å². The number of aliphatic hydroxyl groups is 1. The lowest BCUT2D eigenvalue weighted by Crippen LogP contribution is -2.67. The van der Waals surface area contributed by atoms with E-state index >= 15 is 0 Å². The Labute approximate surface area is 269 Å². The van der Waals surface area contributed by atoms with Gasteiger partial charge in [0.15, 0.2) is 0 Å². The van der Waals surface area contributed by atoms with Crippen LogP contribution in [-0.2, 0) is 14.3 Å². The normalized spacial score (nSPS) is 45.3. The standard InChI is InChI=1S/C39H54O6/c1-23-26(34(43)44)16-18-36(4)20-21-38(6)27(32(23)36)13-14-30-37(5)22-28(41)33(35(2,3)29(37)17-19-39(30,38)7)45-31(42)15-10-24-8-11-25(40)12-9-24/h8-13,15,23,26,28-30,32-33,40-41H,14,16-22H2,1-7H3,(H,43,44). The number of phenols is 1. The zero-order valence-electron chi connectivity index (χ0n) is 28.3. The minimum absolute atomic E-state index is 0.0137. The number of hydrogen-bond donors (Lipinski definition) is 3. The third-order valence-electron chi connectivity index (χ3n) is 14.7. The highest BCUT2D eigenvalue weighted by molar-refractivity contribution is 5.87. The summed E-state index contributed by atoms with van der Waals surface area (Å²) in [7, 11) is 0. The summed E-state index contributed by atoms with van der Waals surface area (Å²) in [5.41, 5.74) is 1.93. The molecule has 0 amide bonds. The Morgan fingerprint density at radius 1 is 0.933 bits per heavy atom. The first kappa shape index (κ1) is 32.3. The fraction of sp³-hybridized carbons (Fsp3) is 0.692. The highest BCUT2D eigenvalue weighted by Gasteiger charge is 2.69. The summed E-state index contributed by atoms with van der Waals surface area (Å²) in [6.07, 6.45) is 11.9. The van der Waals surface area contributed by atoms with Crippen LogP contribution in [0.4, 0.5) is 0 Å². The van der Waals surface area contributed by atoms with E-state index in [4.69, 9.17) is 4.74 Å². The number of phenolic OH excluding ortho intramolecular Hbond substituents is 1. The molecule has 5 aliphatic carbocycles. The summed E-state index contributed by atoms with van der Waals surface area (Å²) in [6, 6.07) is 6.63. The van der Waals surface area contributed by atoms with Gasteiger partial charge >= 0.3 is 11.9 Å². The van der Waals surface area contributed by atoms with Crippen molar-refractivity contribution in [2.45, 2.75) is 112 Å². The van der Waals surface area contributed by atoms with Gasteiger partial charge in [-0.15, -0.1) is 0 Å². The average Bonchev–Trinajstić information content (AvgIpc) is 2.95. The van der Waals surface area contributed by atoms with E-state index in [9.17, 15) is 24.9 Å². The van der Waals surface area contributed by atoms with Gasteiger partial charge in [-0.3, -0.25) is 4.79 Å². The molecule has 6 nitrogen and oxygen atoms in total.